The fourth-order valence-corrected chi connectivity index (χ4v) is 2.84. The number of benzene rings is 1. The molecule has 0 atom stereocenters. The average Bonchev–Trinajstić information content (AvgIpc) is 2.61. The van der Waals surface area contributed by atoms with E-state index in [9.17, 15) is 9.59 Å². The standard InChI is InChI=1S/C18H27N3O3/c1-3-24-16-7-5-4-6-15(16)8-9-18(23)21-12-10-20(11-13-21)14-17(22)19-2/h4-7H,3,8-14H2,1-2H3,(H,19,22). The lowest BCUT2D eigenvalue weighted by molar-refractivity contribution is -0.133. The summed E-state index contributed by atoms with van der Waals surface area (Å²) in [5.74, 6) is 1.05. The Labute approximate surface area is 143 Å². The van der Waals surface area contributed by atoms with Gasteiger partial charge in [-0.1, -0.05) is 18.2 Å². The van der Waals surface area contributed by atoms with Gasteiger partial charge in [0, 0.05) is 39.6 Å². The second-order valence-electron chi connectivity index (χ2n) is 5.87. The third kappa shape index (κ3) is 5.23. The second kappa shape index (κ2) is 9.27. The molecular weight excluding hydrogens is 306 g/mol. The number of piperazine rings is 1. The van der Waals surface area contributed by atoms with Gasteiger partial charge in [-0.3, -0.25) is 14.5 Å². The van der Waals surface area contributed by atoms with Crippen LogP contribution < -0.4 is 10.1 Å². The number of nitrogens with zero attached hydrogens (tertiary/aromatic N) is 2. The first-order valence-electron chi connectivity index (χ1n) is 8.55. The van der Waals surface area contributed by atoms with Crippen LogP contribution >= 0.6 is 0 Å². The topological polar surface area (TPSA) is 61.9 Å². The summed E-state index contributed by atoms with van der Waals surface area (Å²) < 4.78 is 5.61. The third-order valence-electron chi connectivity index (χ3n) is 4.25. The summed E-state index contributed by atoms with van der Waals surface area (Å²) in [7, 11) is 1.64. The molecule has 1 heterocycles. The van der Waals surface area contributed by atoms with E-state index in [0.717, 1.165) is 24.4 Å². The van der Waals surface area contributed by atoms with Crippen LogP contribution in [0.5, 0.6) is 5.75 Å². The average molecular weight is 333 g/mol. The van der Waals surface area contributed by atoms with E-state index in [0.29, 0.717) is 39.1 Å². The minimum absolute atomic E-state index is 0.0160. The number of hydrogen-bond acceptors (Lipinski definition) is 4. The molecule has 1 aliphatic rings. The van der Waals surface area contributed by atoms with Crippen molar-refractivity contribution in [3.05, 3.63) is 29.8 Å². The van der Waals surface area contributed by atoms with Gasteiger partial charge in [0.15, 0.2) is 0 Å². The Bertz CT molecular complexity index is 554. The summed E-state index contributed by atoms with van der Waals surface area (Å²) in [4.78, 5) is 27.8. The molecule has 2 rings (SSSR count). The molecule has 0 radical (unpaired) electrons. The zero-order chi connectivity index (χ0) is 17.4. The van der Waals surface area contributed by atoms with Crippen molar-refractivity contribution in [3.63, 3.8) is 0 Å². The largest absolute Gasteiger partial charge is 0.494 e. The predicted molar refractivity (Wildman–Crippen MR) is 93.0 cm³/mol. The highest BCUT2D eigenvalue weighted by molar-refractivity contribution is 5.78. The Kier molecular flexibility index (Phi) is 7.06. The van der Waals surface area contributed by atoms with Gasteiger partial charge in [-0.2, -0.15) is 0 Å². The Morgan fingerprint density at radius 3 is 2.54 bits per heavy atom. The van der Waals surface area contributed by atoms with Crippen molar-refractivity contribution in [1.29, 1.82) is 0 Å². The van der Waals surface area contributed by atoms with Crippen LogP contribution in [-0.2, 0) is 16.0 Å². The number of ether oxygens (including phenoxy) is 1. The zero-order valence-electron chi connectivity index (χ0n) is 14.6. The quantitative estimate of drug-likeness (QED) is 0.806. The maximum absolute atomic E-state index is 12.4. The van der Waals surface area contributed by atoms with Crippen LogP contribution in [0.2, 0.25) is 0 Å². The van der Waals surface area contributed by atoms with Gasteiger partial charge in [-0.15, -0.1) is 0 Å². The number of para-hydroxylation sites is 1. The molecular formula is C18H27N3O3. The fourth-order valence-electron chi connectivity index (χ4n) is 2.84. The number of carbonyl (C=O) groups excluding carboxylic acids is 2. The number of amides is 2. The molecule has 1 N–H and O–H groups in total. The molecule has 24 heavy (non-hydrogen) atoms. The zero-order valence-corrected chi connectivity index (χ0v) is 14.6. The van der Waals surface area contributed by atoms with Gasteiger partial charge in [-0.25, -0.2) is 0 Å². The highest BCUT2D eigenvalue weighted by atomic mass is 16.5. The maximum atomic E-state index is 12.4. The SMILES string of the molecule is CCOc1ccccc1CCC(=O)N1CCN(CC(=O)NC)CC1. The summed E-state index contributed by atoms with van der Waals surface area (Å²) >= 11 is 0. The molecule has 0 aromatic heterocycles. The summed E-state index contributed by atoms with van der Waals surface area (Å²) in [6.45, 7) is 5.84. The molecule has 0 saturated carbocycles. The number of aryl methyl sites for hydroxylation is 1. The second-order valence-corrected chi connectivity index (χ2v) is 5.87. The summed E-state index contributed by atoms with van der Waals surface area (Å²) in [6, 6.07) is 7.88. The lowest BCUT2D eigenvalue weighted by Gasteiger charge is -2.34. The van der Waals surface area contributed by atoms with Crippen molar-refractivity contribution >= 4 is 11.8 Å². The number of carbonyl (C=O) groups is 2. The molecule has 1 fully saturated rings. The Hall–Kier alpha value is -2.08. The van der Waals surface area contributed by atoms with Gasteiger partial charge in [0.05, 0.1) is 13.2 Å². The van der Waals surface area contributed by atoms with Gasteiger partial charge in [0.2, 0.25) is 11.8 Å². The van der Waals surface area contributed by atoms with Crippen molar-refractivity contribution in [2.45, 2.75) is 19.8 Å². The molecule has 0 unspecified atom stereocenters. The lowest BCUT2D eigenvalue weighted by atomic mass is 10.1. The van der Waals surface area contributed by atoms with Gasteiger partial charge in [0.1, 0.15) is 5.75 Å². The predicted octanol–water partition coefficient (Wildman–Crippen LogP) is 0.908. The van der Waals surface area contributed by atoms with Gasteiger partial charge < -0.3 is 15.0 Å². The van der Waals surface area contributed by atoms with Crippen LogP contribution in [-0.4, -0.2) is 68.0 Å². The fraction of sp³-hybridized carbons (Fsp3) is 0.556. The van der Waals surface area contributed by atoms with E-state index in [1.807, 2.05) is 36.1 Å². The van der Waals surface area contributed by atoms with Crippen molar-refractivity contribution in [1.82, 2.24) is 15.1 Å². The Morgan fingerprint density at radius 2 is 1.88 bits per heavy atom. The first kappa shape index (κ1) is 18.3. The van der Waals surface area contributed by atoms with Crippen LogP contribution in [0.4, 0.5) is 0 Å². The van der Waals surface area contributed by atoms with E-state index in [4.69, 9.17) is 4.74 Å². The maximum Gasteiger partial charge on any atom is 0.233 e. The molecule has 1 aliphatic heterocycles. The molecule has 132 valence electrons. The molecule has 1 aromatic rings. The third-order valence-corrected chi connectivity index (χ3v) is 4.25. The van der Waals surface area contributed by atoms with Crippen molar-refractivity contribution in [2.24, 2.45) is 0 Å². The molecule has 6 nitrogen and oxygen atoms in total. The first-order chi connectivity index (χ1) is 11.6. The smallest absolute Gasteiger partial charge is 0.233 e. The van der Waals surface area contributed by atoms with E-state index < -0.39 is 0 Å². The highest BCUT2D eigenvalue weighted by Gasteiger charge is 2.22. The van der Waals surface area contributed by atoms with E-state index in [1.54, 1.807) is 7.05 Å². The van der Waals surface area contributed by atoms with E-state index in [2.05, 4.69) is 10.2 Å². The summed E-state index contributed by atoms with van der Waals surface area (Å²) in [5.41, 5.74) is 1.07. The van der Waals surface area contributed by atoms with E-state index >= 15 is 0 Å². The number of rotatable bonds is 7. The van der Waals surface area contributed by atoms with Gasteiger partial charge in [-0.05, 0) is 25.0 Å². The first-order valence-corrected chi connectivity index (χ1v) is 8.55. The minimum Gasteiger partial charge on any atom is -0.494 e. The van der Waals surface area contributed by atoms with E-state index in [-0.39, 0.29) is 11.8 Å². The molecule has 0 aliphatic carbocycles. The van der Waals surface area contributed by atoms with Crippen LogP contribution in [0.3, 0.4) is 0 Å². The summed E-state index contributed by atoms with van der Waals surface area (Å²) in [5, 5.41) is 2.63. The number of hydrogen-bond donors (Lipinski definition) is 1. The van der Waals surface area contributed by atoms with Crippen LogP contribution in [0.25, 0.3) is 0 Å². The van der Waals surface area contributed by atoms with Crippen LogP contribution in [0.1, 0.15) is 18.9 Å². The molecule has 0 spiro atoms. The van der Waals surface area contributed by atoms with Crippen molar-refractivity contribution < 1.29 is 14.3 Å². The van der Waals surface area contributed by atoms with Gasteiger partial charge >= 0.3 is 0 Å². The normalized spacial score (nSPS) is 15.2. The molecule has 6 heteroatoms. The Morgan fingerprint density at radius 1 is 1.17 bits per heavy atom. The molecule has 1 aromatic carbocycles. The van der Waals surface area contributed by atoms with Crippen LogP contribution in [0, 0.1) is 0 Å². The molecule has 1 saturated heterocycles. The molecule has 2 amide bonds. The highest BCUT2D eigenvalue weighted by Crippen LogP contribution is 2.20. The minimum atomic E-state index is 0.0160. The summed E-state index contributed by atoms with van der Waals surface area (Å²) in [6.07, 6.45) is 1.17. The lowest BCUT2D eigenvalue weighted by Crippen LogP contribution is -2.50. The number of nitrogens with one attached hydrogen (secondary N) is 1. The molecule has 0 bridgehead atoms. The van der Waals surface area contributed by atoms with Crippen molar-refractivity contribution in [2.75, 3.05) is 46.4 Å². The number of likely N-dealkylation sites (N-methyl/N-ethyl adjacent to an activating group) is 1. The monoisotopic (exact) mass is 333 g/mol. The van der Waals surface area contributed by atoms with Gasteiger partial charge in [0.25, 0.3) is 0 Å². The van der Waals surface area contributed by atoms with E-state index in [1.165, 1.54) is 0 Å². The van der Waals surface area contributed by atoms with Crippen LogP contribution in [0.15, 0.2) is 24.3 Å². The van der Waals surface area contributed by atoms with Crippen molar-refractivity contribution in [3.8, 4) is 5.75 Å². The Balaban J connectivity index is 1.79.